The van der Waals surface area contributed by atoms with Gasteiger partial charge in [-0.15, -0.1) is 0 Å². The van der Waals surface area contributed by atoms with E-state index < -0.39 is 0 Å². The molecule has 0 saturated heterocycles. The molecule has 0 aliphatic carbocycles. The summed E-state index contributed by atoms with van der Waals surface area (Å²) in [6.07, 6.45) is 0. The summed E-state index contributed by atoms with van der Waals surface area (Å²) in [5, 5.41) is 19.5. The number of rotatable bonds is 2. The Hall–Kier alpha value is -6.77. The van der Waals surface area contributed by atoms with Crippen LogP contribution >= 0.6 is 0 Å². The van der Waals surface area contributed by atoms with Crippen molar-refractivity contribution in [3.8, 4) is 23.1 Å². The van der Waals surface area contributed by atoms with Gasteiger partial charge in [-0.2, -0.15) is 5.26 Å². The van der Waals surface area contributed by atoms with Crippen LogP contribution in [0, 0.1) is 11.3 Å². The molecular formula is C43H23N5. The number of hydrogen-bond donors (Lipinski definition) is 0. The van der Waals surface area contributed by atoms with Crippen LogP contribution in [0.1, 0.15) is 5.56 Å². The monoisotopic (exact) mass is 609 g/mol. The lowest BCUT2D eigenvalue weighted by Crippen LogP contribution is -2.04. The predicted octanol–water partition coefficient (Wildman–Crippen LogP) is 10.6. The number of benzene rings is 7. The van der Waals surface area contributed by atoms with Gasteiger partial charge in [0.15, 0.2) is 5.82 Å². The Morgan fingerprint density at radius 3 is 2.04 bits per heavy atom. The summed E-state index contributed by atoms with van der Waals surface area (Å²) in [7, 11) is 0. The van der Waals surface area contributed by atoms with Crippen molar-refractivity contribution in [1.82, 2.24) is 18.9 Å². The molecule has 4 aromatic heterocycles. The van der Waals surface area contributed by atoms with Crippen molar-refractivity contribution in [2.75, 3.05) is 0 Å². The van der Waals surface area contributed by atoms with E-state index in [1.807, 2.05) is 48.5 Å². The fraction of sp³-hybridized carbons (Fsp3) is 0. The molecule has 0 saturated carbocycles. The summed E-state index contributed by atoms with van der Waals surface area (Å²) in [6, 6.07) is 51.0. The molecule has 0 aliphatic rings. The maximum Gasteiger partial charge on any atom is 0.165 e. The zero-order valence-corrected chi connectivity index (χ0v) is 25.5. The molecule has 11 aromatic rings. The number of hydrogen-bond acceptors (Lipinski definition) is 3. The minimum Gasteiger partial charge on any atom is -0.308 e. The van der Waals surface area contributed by atoms with Crippen molar-refractivity contribution in [2.24, 2.45) is 0 Å². The van der Waals surface area contributed by atoms with Crippen LogP contribution in [-0.2, 0) is 0 Å². The molecule has 48 heavy (non-hydrogen) atoms. The first kappa shape index (κ1) is 25.4. The van der Waals surface area contributed by atoms with E-state index in [-0.39, 0.29) is 0 Å². The Kier molecular flexibility index (Phi) is 4.85. The molecule has 0 atom stereocenters. The van der Waals surface area contributed by atoms with Crippen molar-refractivity contribution in [3.63, 3.8) is 0 Å². The van der Waals surface area contributed by atoms with E-state index in [4.69, 9.17) is 9.97 Å². The van der Waals surface area contributed by atoms with Gasteiger partial charge in [-0.25, -0.2) is 9.97 Å². The highest BCUT2D eigenvalue weighted by atomic mass is 15.1. The number of nitriles is 1. The third kappa shape index (κ3) is 3.18. The second kappa shape index (κ2) is 9.16. The van der Waals surface area contributed by atoms with Gasteiger partial charge in [-0.1, -0.05) is 91.0 Å². The number of fused-ring (bicyclic) bond motifs is 13. The van der Waals surface area contributed by atoms with Gasteiger partial charge in [-0.05, 0) is 59.3 Å². The molecule has 0 spiro atoms. The Bertz CT molecular complexity index is 3190. The summed E-state index contributed by atoms with van der Waals surface area (Å²) in [4.78, 5) is 10.7. The van der Waals surface area contributed by atoms with Crippen LogP contribution in [0.2, 0.25) is 0 Å². The van der Waals surface area contributed by atoms with Crippen molar-refractivity contribution in [3.05, 3.63) is 145 Å². The Labute approximate surface area is 273 Å². The average molecular weight is 610 g/mol. The number of para-hydroxylation sites is 4. The molecule has 0 unspecified atom stereocenters. The molecule has 0 N–H and O–H groups in total. The minimum atomic E-state index is 0.584. The SMILES string of the molecule is N#Cc1cccc(-c2nc3ccccc3nc2-n2c3ccc4ccccc4c3c3cc4c5ccccc5n5c6ccccc6c(c32)c45)c1. The fourth-order valence-corrected chi connectivity index (χ4v) is 8.07. The fourth-order valence-electron chi connectivity index (χ4n) is 8.07. The quantitative estimate of drug-likeness (QED) is 0.196. The first-order valence-electron chi connectivity index (χ1n) is 16.1. The first-order valence-corrected chi connectivity index (χ1v) is 16.1. The molecule has 220 valence electrons. The van der Waals surface area contributed by atoms with Crippen molar-refractivity contribution in [2.45, 2.75) is 0 Å². The van der Waals surface area contributed by atoms with Crippen LogP contribution in [0.4, 0.5) is 0 Å². The van der Waals surface area contributed by atoms with E-state index in [9.17, 15) is 5.26 Å². The van der Waals surface area contributed by atoms with Crippen LogP contribution in [0.3, 0.4) is 0 Å². The van der Waals surface area contributed by atoms with Gasteiger partial charge in [0.1, 0.15) is 5.69 Å². The van der Waals surface area contributed by atoms with Gasteiger partial charge in [0.2, 0.25) is 0 Å². The van der Waals surface area contributed by atoms with E-state index in [0.717, 1.165) is 39.1 Å². The second-order valence-corrected chi connectivity index (χ2v) is 12.5. The van der Waals surface area contributed by atoms with Crippen molar-refractivity contribution >= 4 is 81.7 Å². The smallest absolute Gasteiger partial charge is 0.165 e. The van der Waals surface area contributed by atoms with Crippen LogP contribution < -0.4 is 0 Å². The molecule has 4 heterocycles. The molecule has 0 bridgehead atoms. The van der Waals surface area contributed by atoms with Crippen LogP contribution in [0.5, 0.6) is 0 Å². The maximum atomic E-state index is 9.85. The Morgan fingerprint density at radius 2 is 1.21 bits per heavy atom. The zero-order chi connectivity index (χ0) is 31.5. The summed E-state index contributed by atoms with van der Waals surface area (Å²) >= 11 is 0. The third-order valence-electron chi connectivity index (χ3n) is 10.0. The predicted molar refractivity (Wildman–Crippen MR) is 196 cm³/mol. The molecule has 5 heteroatoms. The van der Waals surface area contributed by atoms with Gasteiger partial charge in [0.05, 0.1) is 50.2 Å². The average Bonchev–Trinajstić information content (AvgIpc) is 3.79. The second-order valence-electron chi connectivity index (χ2n) is 12.5. The minimum absolute atomic E-state index is 0.584. The van der Waals surface area contributed by atoms with E-state index in [0.29, 0.717) is 5.56 Å². The van der Waals surface area contributed by atoms with E-state index >= 15 is 0 Å². The molecule has 0 aliphatic heterocycles. The standard InChI is InChI=1S/C43H23N5/c44-24-25-10-9-12-27(22-25)40-43(46-34-17-6-5-16-33(34)45-40)48-37-21-20-26-11-1-2-13-28(26)38(37)32-23-31-29-14-3-7-18-35(29)47-36-19-8-4-15-30(36)39(41(31)47)42(32)48/h1-23H. The molecule has 5 nitrogen and oxygen atoms in total. The molecule has 11 rings (SSSR count). The summed E-state index contributed by atoms with van der Waals surface area (Å²) in [6.45, 7) is 0. The van der Waals surface area contributed by atoms with Gasteiger partial charge in [-0.3, -0.25) is 4.57 Å². The normalized spacial score (nSPS) is 12.1. The Morgan fingerprint density at radius 1 is 0.500 bits per heavy atom. The molecule has 0 amide bonds. The highest BCUT2D eigenvalue weighted by Crippen LogP contribution is 2.48. The molecular weight excluding hydrogens is 587 g/mol. The highest BCUT2D eigenvalue weighted by molar-refractivity contribution is 6.36. The first-order chi connectivity index (χ1) is 23.8. The van der Waals surface area contributed by atoms with Gasteiger partial charge in [0.25, 0.3) is 0 Å². The molecule has 7 aromatic carbocycles. The third-order valence-corrected chi connectivity index (χ3v) is 10.0. The maximum absolute atomic E-state index is 9.85. The molecule has 0 radical (unpaired) electrons. The Balaban J connectivity index is 1.45. The topological polar surface area (TPSA) is 58.9 Å². The van der Waals surface area contributed by atoms with E-state index in [1.165, 1.54) is 59.6 Å². The number of aromatic nitrogens is 4. The van der Waals surface area contributed by atoms with E-state index in [1.54, 1.807) is 0 Å². The van der Waals surface area contributed by atoms with Crippen LogP contribution in [0.25, 0.3) is 98.8 Å². The summed E-state index contributed by atoms with van der Waals surface area (Å²) < 4.78 is 4.77. The zero-order valence-electron chi connectivity index (χ0n) is 25.5. The van der Waals surface area contributed by atoms with Crippen molar-refractivity contribution < 1.29 is 0 Å². The van der Waals surface area contributed by atoms with Crippen LogP contribution in [-0.4, -0.2) is 18.9 Å². The number of nitrogens with zero attached hydrogens (tertiary/aromatic N) is 5. The lowest BCUT2D eigenvalue weighted by atomic mass is 10.0. The molecule has 0 fully saturated rings. The largest absolute Gasteiger partial charge is 0.308 e. The summed E-state index contributed by atoms with van der Waals surface area (Å²) in [5.74, 6) is 0.738. The highest BCUT2D eigenvalue weighted by Gasteiger charge is 2.27. The van der Waals surface area contributed by atoms with Crippen LogP contribution in [0.15, 0.2) is 140 Å². The van der Waals surface area contributed by atoms with Gasteiger partial charge >= 0.3 is 0 Å². The lowest BCUT2D eigenvalue weighted by molar-refractivity contribution is 1.08. The van der Waals surface area contributed by atoms with Gasteiger partial charge in [0, 0.05) is 37.9 Å². The van der Waals surface area contributed by atoms with Gasteiger partial charge < -0.3 is 4.40 Å². The van der Waals surface area contributed by atoms with E-state index in [2.05, 4.69) is 106 Å². The summed E-state index contributed by atoms with van der Waals surface area (Å²) in [5.41, 5.74) is 9.55. The lowest BCUT2D eigenvalue weighted by Gasteiger charge is -2.14. The van der Waals surface area contributed by atoms with Crippen molar-refractivity contribution in [1.29, 1.82) is 5.26 Å².